The lowest BCUT2D eigenvalue weighted by molar-refractivity contribution is -0.127. The molecule has 0 radical (unpaired) electrons. The maximum absolute atomic E-state index is 12.0. The Hall–Kier alpha value is -1.92. The van der Waals surface area contributed by atoms with E-state index in [4.69, 9.17) is 5.73 Å². The number of likely N-dealkylation sites (tertiary alicyclic amines) is 1. The molecule has 1 fully saturated rings. The molecule has 0 aliphatic carbocycles. The molecule has 1 unspecified atom stereocenters. The van der Waals surface area contributed by atoms with Crippen LogP contribution in [0.1, 0.15) is 32.3 Å². The van der Waals surface area contributed by atoms with Gasteiger partial charge in [0.2, 0.25) is 11.8 Å². The van der Waals surface area contributed by atoms with Crippen molar-refractivity contribution < 1.29 is 9.59 Å². The van der Waals surface area contributed by atoms with Crippen molar-refractivity contribution in [2.45, 2.75) is 45.3 Å². The lowest BCUT2D eigenvalue weighted by atomic mass is 10.1. The molecule has 0 aromatic heterocycles. The van der Waals surface area contributed by atoms with Crippen LogP contribution in [0.15, 0.2) is 30.3 Å². The van der Waals surface area contributed by atoms with Crippen LogP contribution in [0.2, 0.25) is 0 Å². The van der Waals surface area contributed by atoms with E-state index in [1.807, 2.05) is 32.0 Å². The van der Waals surface area contributed by atoms with Gasteiger partial charge in [0.15, 0.2) is 0 Å². The van der Waals surface area contributed by atoms with Crippen LogP contribution in [0.4, 0.5) is 0 Å². The maximum atomic E-state index is 12.0. The summed E-state index contributed by atoms with van der Waals surface area (Å²) in [5.74, 6) is -0.402. The number of nitrogens with zero attached hydrogens (tertiary/aromatic N) is 1. The predicted octanol–water partition coefficient (Wildman–Crippen LogP) is 0.867. The van der Waals surface area contributed by atoms with E-state index in [0.717, 1.165) is 25.9 Å². The van der Waals surface area contributed by atoms with E-state index in [0.29, 0.717) is 12.6 Å². The highest BCUT2D eigenvalue weighted by molar-refractivity contribution is 5.87. The number of carbonyl (C=O) groups excluding carboxylic acids is 2. The van der Waals surface area contributed by atoms with E-state index in [-0.39, 0.29) is 24.3 Å². The largest absolute Gasteiger partial charge is 0.353 e. The fraction of sp³-hybridized carbons (Fsp3) is 0.579. The van der Waals surface area contributed by atoms with Gasteiger partial charge in [-0.1, -0.05) is 44.2 Å². The van der Waals surface area contributed by atoms with Crippen molar-refractivity contribution in [2.24, 2.45) is 11.7 Å². The van der Waals surface area contributed by atoms with Crippen LogP contribution in [0, 0.1) is 5.92 Å². The smallest absolute Gasteiger partial charge is 0.239 e. The minimum atomic E-state index is -0.580. The first-order chi connectivity index (χ1) is 12.0. The average Bonchev–Trinajstić information content (AvgIpc) is 3.05. The average molecular weight is 346 g/mol. The van der Waals surface area contributed by atoms with Crippen LogP contribution in [-0.2, 0) is 16.1 Å². The summed E-state index contributed by atoms with van der Waals surface area (Å²) in [7, 11) is 0. The molecule has 1 aromatic rings. The normalized spacial score (nSPS) is 19.0. The highest BCUT2D eigenvalue weighted by Crippen LogP contribution is 2.19. The van der Waals surface area contributed by atoms with Crippen LogP contribution in [0.3, 0.4) is 0 Å². The number of nitrogens with one attached hydrogen (secondary N) is 2. The van der Waals surface area contributed by atoms with Crippen LogP contribution in [-0.4, -0.2) is 48.4 Å². The third kappa shape index (κ3) is 6.14. The van der Waals surface area contributed by atoms with Gasteiger partial charge in [0.1, 0.15) is 0 Å². The molecule has 138 valence electrons. The standard InChI is InChI=1S/C19H30N4O2/c1-14(2)18(20)19(25)22-12-17(24)21-11-16-9-6-10-23(16)13-15-7-4-3-5-8-15/h3-5,7-8,14,16,18H,6,9-13,20H2,1-2H3,(H,21,24)(H,22,25)/t16?,18-/m0/s1. The van der Waals surface area contributed by atoms with Gasteiger partial charge in [-0.2, -0.15) is 0 Å². The fourth-order valence-corrected chi connectivity index (χ4v) is 3.03. The minimum absolute atomic E-state index is 0.0232. The number of amides is 2. The second-order valence-electron chi connectivity index (χ2n) is 7.04. The van der Waals surface area contributed by atoms with Crippen molar-refractivity contribution in [1.82, 2.24) is 15.5 Å². The molecule has 6 nitrogen and oxygen atoms in total. The maximum Gasteiger partial charge on any atom is 0.239 e. The predicted molar refractivity (Wildman–Crippen MR) is 98.7 cm³/mol. The highest BCUT2D eigenvalue weighted by atomic mass is 16.2. The number of nitrogens with two attached hydrogens (primary N) is 1. The fourth-order valence-electron chi connectivity index (χ4n) is 3.03. The number of rotatable bonds is 8. The summed E-state index contributed by atoms with van der Waals surface area (Å²) in [5, 5.41) is 5.53. The second kappa shape index (κ2) is 9.53. The molecule has 6 heteroatoms. The molecule has 1 aromatic carbocycles. The zero-order valence-corrected chi connectivity index (χ0v) is 15.2. The lowest BCUT2D eigenvalue weighted by Gasteiger charge is -2.25. The van der Waals surface area contributed by atoms with E-state index >= 15 is 0 Å². The highest BCUT2D eigenvalue weighted by Gasteiger charge is 2.25. The SMILES string of the molecule is CC(C)[C@H](N)C(=O)NCC(=O)NCC1CCCN1Cc1ccccc1. The van der Waals surface area contributed by atoms with Crippen molar-refractivity contribution in [3.63, 3.8) is 0 Å². The molecular formula is C19H30N4O2. The molecule has 1 aliphatic heterocycles. The van der Waals surface area contributed by atoms with E-state index in [1.54, 1.807) is 0 Å². The summed E-state index contributed by atoms with van der Waals surface area (Å²) < 4.78 is 0. The molecule has 2 atom stereocenters. The van der Waals surface area contributed by atoms with Crippen LogP contribution in [0.5, 0.6) is 0 Å². The van der Waals surface area contributed by atoms with Crippen LogP contribution >= 0.6 is 0 Å². The van der Waals surface area contributed by atoms with E-state index in [9.17, 15) is 9.59 Å². The monoisotopic (exact) mass is 346 g/mol. The van der Waals surface area contributed by atoms with Gasteiger partial charge in [-0.15, -0.1) is 0 Å². The van der Waals surface area contributed by atoms with Crippen molar-refractivity contribution in [2.75, 3.05) is 19.6 Å². The summed E-state index contributed by atoms with van der Waals surface area (Å²) in [4.78, 5) is 26.2. The van der Waals surface area contributed by atoms with Gasteiger partial charge < -0.3 is 16.4 Å². The topological polar surface area (TPSA) is 87.5 Å². The van der Waals surface area contributed by atoms with Crippen molar-refractivity contribution in [3.05, 3.63) is 35.9 Å². The number of hydrogen-bond acceptors (Lipinski definition) is 4. The molecule has 0 bridgehead atoms. The summed E-state index contributed by atoms with van der Waals surface area (Å²) >= 11 is 0. The molecular weight excluding hydrogens is 316 g/mol. The summed E-state index contributed by atoms with van der Waals surface area (Å²) in [5.41, 5.74) is 7.05. The van der Waals surface area contributed by atoms with Gasteiger partial charge in [-0.25, -0.2) is 0 Å². The summed E-state index contributed by atoms with van der Waals surface area (Å²) in [6, 6.07) is 10.1. The van der Waals surface area contributed by atoms with Gasteiger partial charge in [0, 0.05) is 19.1 Å². The third-order valence-corrected chi connectivity index (χ3v) is 4.71. The molecule has 4 N–H and O–H groups in total. The third-order valence-electron chi connectivity index (χ3n) is 4.71. The van der Waals surface area contributed by atoms with Gasteiger partial charge in [-0.05, 0) is 30.9 Å². The number of carbonyl (C=O) groups is 2. The van der Waals surface area contributed by atoms with Gasteiger partial charge in [0.25, 0.3) is 0 Å². The van der Waals surface area contributed by atoms with E-state index in [1.165, 1.54) is 5.56 Å². The molecule has 25 heavy (non-hydrogen) atoms. The second-order valence-corrected chi connectivity index (χ2v) is 7.04. The van der Waals surface area contributed by atoms with Gasteiger partial charge in [0.05, 0.1) is 12.6 Å². The van der Waals surface area contributed by atoms with Crippen LogP contribution in [0.25, 0.3) is 0 Å². The Balaban J connectivity index is 1.72. The van der Waals surface area contributed by atoms with Gasteiger partial charge >= 0.3 is 0 Å². The summed E-state index contributed by atoms with van der Waals surface area (Å²) in [6.45, 7) is 6.30. The first-order valence-electron chi connectivity index (χ1n) is 9.05. The van der Waals surface area contributed by atoms with Gasteiger partial charge in [-0.3, -0.25) is 14.5 Å². The van der Waals surface area contributed by atoms with E-state index < -0.39 is 6.04 Å². The molecule has 2 amide bonds. The first kappa shape index (κ1) is 19.4. The molecule has 0 spiro atoms. The van der Waals surface area contributed by atoms with Crippen molar-refractivity contribution in [1.29, 1.82) is 0 Å². The Morgan fingerprint density at radius 1 is 1.24 bits per heavy atom. The number of hydrogen-bond donors (Lipinski definition) is 3. The van der Waals surface area contributed by atoms with Crippen molar-refractivity contribution >= 4 is 11.8 Å². The minimum Gasteiger partial charge on any atom is -0.353 e. The first-order valence-corrected chi connectivity index (χ1v) is 9.05. The Morgan fingerprint density at radius 2 is 1.96 bits per heavy atom. The molecule has 0 saturated carbocycles. The Kier molecular flexibility index (Phi) is 7.40. The van der Waals surface area contributed by atoms with E-state index in [2.05, 4.69) is 27.7 Å². The Morgan fingerprint density at radius 3 is 2.64 bits per heavy atom. The lowest BCUT2D eigenvalue weighted by Crippen LogP contribution is -2.48. The molecule has 1 aliphatic rings. The summed E-state index contributed by atoms with van der Waals surface area (Å²) in [6.07, 6.45) is 2.23. The Bertz CT molecular complexity index is 562. The molecule has 1 heterocycles. The zero-order valence-electron chi connectivity index (χ0n) is 15.2. The van der Waals surface area contributed by atoms with Crippen molar-refractivity contribution in [3.8, 4) is 0 Å². The number of benzene rings is 1. The molecule has 1 saturated heterocycles. The Labute approximate surface area is 150 Å². The zero-order chi connectivity index (χ0) is 18.2. The quantitative estimate of drug-likeness (QED) is 0.652. The van der Waals surface area contributed by atoms with Crippen LogP contribution < -0.4 is 16.4 Å². The molecule has 2 rings (SSSR count).